The number of nitrogen functional groups attached to an aromatic ring is 1. The van der Waals surface area contributed by atoms with E-state index < -0.39 is 0 Å². The maximum atomic E-state index is 5.95. The number of aromatic nitrogens is 2. The zero-order valence-corrected chi connectivity index (χ0v) is 11.8. The summed E-state index contributed by atoms with van der Waals surface area (Å²) >= 11 is 5.15. The van der Waals surface area contributed by atoms with Gasteiger partial charge in [-0.2, -0.15) is 0 Å². The van der Waals surface area contributed by atoms with Crippen LogP contribution < -0.4 is 5.73 Å². The minimum Gasteiger partial charge on any atom is -0.383 e. The minimum absolute atomic E-state index is 0.546. The second kappa shape index (κ2) is 4.07. The fourth-order valence-corrected chi connectivity index (χ4v) is 3.17. The molecular formula is C12H12BrN3S. The second-order valence-corrected chi connectivity index (χ2v) is 6.05. The first-order valence-corrected chi connectivity index (χ1v) is 7.21. The van der Waals surface area contributed by atoms with Gasteiger partial charge in [-0.3, -0.25) is 0 Å². The van der Waals surface area contributed by atoms with Crippen molar-refractivity contribution in [2.45, 2.75) is 25.7 Å². The molecule has 0 radical (unpaired) electrons. The quantitative estimate of drug-likeness (QED) is 0.919. The van der Waals surface area contributed by atoms with Gasteiger partial charge in [0.15, 0.2) is 5.82 Å². The van der Waals surface area contributed by atoms with Gasteiger partial charge in [0.25, 0.3) is 0 Å². The summed E-state index contributed by atoms with van der Waals surface area (Å²) in [6.07, 6.45) is 2.41. The Labute approximate surface area is 112 Å². The van der Waals surface area contributed by atoms with E-state index in [2.05, 4.69) is 44.3 Å². The highest BCUT2D eigenvalue weighted by Crippen LogP contribution is 2.44. The van der Waals surface area contributed by atoms with E-state index in [1.807, 2.05) is 0 Å². The molecule has 17 heavy (non-hydrogen) atoms. The number of hydrogen-bond donors (Lipinski definition) is 1. The molecule has 2 N–H and O–H groups in total. The average molecular weight is 310 g/mol. The van der Waals surface area contributed by atoms with E-state index in [1.165, 1.54) is 18.4 Å². The molecule has 5 heteroatoms. The van der Waals surface area contributed by atoms with Gasteiger partial charge in [0, 0.05) is 5.92 Å². The number of aryl methyl sites for hydroxylation is 1. The van der Waals surface area contributed by atoms with Crippen molar-refractivity contribution < 1.29 is 0 Å². The monoisotopic (exact) mass is 309 g/mol. The van der Waals surface area contributed by atoms with E-state index in [1.54, 1.807) is 11.3 Å². The lowest BCUT2D eigenvalue weighted by Gasteiger charge is -2.07. The Morgan fingerprint density at radius 2 is 2.18 bits per heavy atom. The lowest BCUT2D eigenvalue weighted by atomic mass is 10.2. The van der Waals surface area contributed by atoms with Crippen LogP contribution in [0, 0.1) is 6.92 Å². The zero-order valence-electron chi connectivity index (χ0n) is 9.40. The highest BCUT2D eigenvalue weighted by Gasteiger charge is 2.29. The number of nitrogens with two attached hydrogens (primary N) is 1. The highest BCUT2D eigenvalue weighted by molar-refractivity contribution is 9.10. The van der Waals surface area contributed by atoms with Crippen LogP contribution >= 0.6 is 27.3 Å². The average Bonchev–Trinajstić information content (AvgIpc) is 3.05. The van der Waals surface area contributed by atoms with Crippen molar-refractivity contribution in [2.75, 3.05) is 5.73 Å². The molecular weight excluding hydrogens is 298 g/mol. The molecule has 2 aromatic heterocycles. The normalized spacial score (nSPS) is 15.2. The Morgan fingerprint density at radius 3 is 2.76 bits per heavy atom. The van der Waals surface area contributed by atoms with Crippen LogP contribution in [0.2, 0.25) is 0 Å². The predicted molar refractivity (Wildman–Crippen MR) is 74.2 cm³/mol. The van der Waals surface area contributed by atoms with Gasteiger partial charge in [0.05, 0.1) is 15.0 Å². The predicted octanol–water partition coefficient (Wildman–Crippen LogP) is 3.74. The number of halogens is 1. The summed E-state index contributed by atoms with van der Waals surface area (Å²) in [4.78, 5) is 10.2. The van der Waals surface area contributed by atoms with E-state index in [-0.39, 0.29) is 0 Å². The third-order valence-electron chi connectivity index (χ3n) is 2.93. The first-order chi connectivity index (χ1) is 8.16. The maximum absolute atomic E-state index is 5.95. The molecule has 0 amide bonds. The van der Waals surface area contributed by atoms with Crippen molar-refractivity contribution >= 4 is 33.1 Å². The summed E-state index contributed by atoms with van der Waals surface area (Å²) in [6.45, 7) is 2.07. The van der Waals surface area contributed by atoms with Crippen molar-refractivity contribution in [3.8, 4) is 10.7 Å². The van der Waals surface area contributed by atoms with Crippen LogP contribution in [0.3, 0.4) is 0 Å². The van der Waals surface area contributed by atoms with Crippen LogP contribution in [0.5, 0.6) is 0 Å². The molecule has 0 aromatic carbocycles. The summed E-state index contributed by atoms with van der Waals surface area (Å²) in [7, 11) is 0. The SMILES string of the molecule is Cc1ccsc1-c1nc(N)c(Br)c(C2CC2)n1. The largest absolute Gasteiger partial charge is 0.383 e. The lowest BCUT2D eigenvalue weighted by molar-refractivity contribution is 0.986. The summed E-state index contributed by atoms with van der Waals surface area (Å²) in [5, 5.41) is 2.06. The van der Waals surface area contributed by atoms with E-state index in [9.17, 15) is 0 Å². The van der Waals surface area contributed by atoms with Crippen LogP contribution in [0.25, 0.3) is 10.7 Å². The molecule has 0 saturated heterocycles. The van der Waals surface area contributed by atoms with E-state index in [4.69, 9.17) is 5.73 Å². The minimum atomic E-state index is 0.546. The Hall–Kier alpha value is -0.940. The highest BCUT2D eigenvalue weighted by atomic mass is 79.9. The molecule has 3 nitrogen and oxygen atoms in total. The van der Waals surface area contributed by atoms with Crippen LogP contribution in [0.4, 0.5) is 5.82 Å². The zero-order chi connectivity index (χ0) is 12.0. The van der Waals surface area contributed by atoms with E-state index in [0.717, 1.165) is 20.9 Å². The van der Waals surface area contributed by atoms with Gasteiger partial charge in [0.2, 0.25) is 0 Å². The van der Waals surface area contributed by atoms with Crippen LogP contribution in [0.1, 0.15) is 30.0 Å². The molecule has 1 saturated carbocycles. The van der Waals surface area contributed by atoms with Gasteiger partial charge in [-0.1, -0.05) is 0 Å². The third-order valence-corrected chi connectivity index (χ3v) is 4.76. The summed E-state index contributed by atoms with van der Waals surface area (Å²) in [5.41, 5.74) is 8.23. The van der Waals surface area contributed by atoms with Gasteiger partial charge in [0.1, 0.15) is 5.82 Å². The fourth-order valence-electron chi connectivity index (χ4n) is 1.81. The Morgan fingerprint density at radius 1 is 1.41 bits per heavy atom. The molecule has 3 rings (SSSR count). The standard InChI is InChI=1S/C12H12BrN3S/c1-6-4-5-17-10(6)12-15-9(7-2-3-7)8(13)11(14)16-12/h4-5,7H,2-3H2,1H3,(H2,14,15,16). The Kier molecular flexibility index (Phi) is 2.67. The topological polar surface area (TPSA) is 51.8 Å². The Balaban J connectivity index is 2.15. The van der Waals surface area contributed by atoms with Crippen molar-refractivity contribution in [1.29, 1.82) is 0 Å². The van der Waals surface area contributed by atoms with E-state index >= 15 is 0 Å². The molecule has 0 spiro atoms. The summed E-state index contributed by atoms with van der Waals surface area (Å²) < 4.78 is 0.873. The van der Waals surface area contributed by atoms with Crippen molar-refractivity contribution in [3.05, 3.63) is 27.2 Å². The molecule has 0 aliphatic heterocycles. The molecule has 1 aliphatic carbocycles. The van der Waals surface area contributed by atoms with Crippen LogP contribution in [-0.4, -0.2) is 9.97 Å². The molecule has 0 atom stereocenters. The molecule has 2 aromatic rings. The van der Waals surface area contributed by atoms with Gasteiger partial charge in [-0.05, 0) is 52.7 Å². The molecule has 1 fully saturated rings. The first-order valence-electron chi connectivity index (χ1n) is 5.54. The molecule has 0 unspecified atom stereocenters. The van der Waals surface area contributed by atoms with Crippen molar-refractivity contribution in [1.82, 2.24) is 9.97 Å². The number of hydrogen-bond acceptors (Lipinski definition) is 4. The van der Waals surface area contributed by atoms with Gasteiger partial charge in [-0.25, -0.2) is 9.97 Å². The summed E-state index contributed by atoms with van der Waals surface area (Å²) in [5.74, 6) is 1.87. The molecule has 88 valence electrons. The van der Waals surface area contributed by atoms with Crippen LogP contribution in [-0.2, 0) is 0 Å². The second-order valence-electron chi connectivity index (χ2n) is 4.34. The first kappa shape index (κ1) is 11.2. The third kappa shape index (κ3) is 1.98. The van der Waals surface area contributed by atoms with Gasteiger partial charge < -0.3 is 5.73 Å². The smallest absolute Gasteiger partial charge is 0.172 e. The number of thiophene rings is 1. The number of nitrogens with zero attached hydrogens (tertiary/aromatic N) is 2. The van der Waals surface area contributed by atoms with Crippen LogP contribution in [0.15, 0.2) is 15.9 Å². The summed E-state index contributed by atoms with van der Waals surface area (Å²) in [6, 6.07) is 2.08. The number of rotatable bonds is 2. The van der Waals surface area contributed by atoms with Gasteiger partial charge >= 0.3 is 0 Å². The fraction of sp³-hybridized carbons (Fsp3) is 0.333. The van der Waals surface area contributed by atoms with Crippen molar-refractivity contribution in [3.63, 3.8) is 0 Å². The van der Waals surface area contributed by atoms with E-state index in [0.29, 0.717) is 11.7 Å². The lowest BCUT2D eigenvalue weighted by Crippen LogP contribution is -2.01. The molecule has 1 aliphatic rings. The Bertz CT molecular complexity index is 575. The molecule has 2 heterocycles. The number of anilines is 1. The molecule has 0 bridgehead atoms. The van der Waals surface area contributed by atoms with Gasteiger partial charge in [-0.15, -0.1) is 11.3 Å². The van der Waals surface area contributed by atoms with Crippen molar-refractivity contribution in [2.24, 2.45) is 0 Å². The maximum Gasteiger partial charge on any atom is 0.172 e.